The number of rotatable bonds is 9. The van der Waals surface area contributed by atoms with Crippen LogP contribution in [0.3, 0.4) is 0 Å². The highest BCUT2D eigenvalue weighted by Gasteiger charge is 2.35. The molecule has 2 amide bonds. The first-order chi connectivity index (χ1) is 17.7. The maximum atomic E-state index is 14.0. The molecule has 37 heavy (non-hydrogen) atoms. The number of ether oxygens (including phenoxy) is 1. The molecule has 0 aliphatic carbocycles. The number of anilines is 1. The Morgan fingerprint density at radius 2 is 1.73 bits per heavy atom. The van der Waals surface area contributed by atoms with Gasteiger partial charge in [0.05, 0.1) is 12.6 Å². The van der Waals surface area contributed by atoms with Crippen molar-refractivity contribution in [2.45, 2.75) is 45.3 Å². The lowest BCUT2D eigenvalue weighted by molar-refractivity contribution is -0.128. The first-order valence-electron chi connectivity index (χ1n) is 12.0. The number of nitrogens with zero attached hydrogens (tertiary/aromatic N) is 4. The zero-order valence-electron chi connectivity index (χ0n) is 21.3. The number of carbonyl (C=O) groups is 2. The predicted molar refractivity (Wildman–Crippen MR) is 140 cm³/mol. The fourth-order valence-electron chi connectivity index (χ4n) is 3.97. The average Bonchev–Trinajstić information content (AvgIpc) is 3.30. The van der Waals surface area contributed by atoms with E-state index in [2.05, 4.69) is 15.6 Å². The average molecular weight is 504 g/mol. The maximum absolute atomic E-state index is 14.0. The Kier molecular flexibility index (Phi) is 7.52. The monoisotopic (exact) mass is 503 g/mol. The summed E-state index contributed by atoms with van der Waals surface area (Å²) in [5.74, 6) is -0.604. The van der Waals surface area contributed by atoms with E-state index < -0.39 is 17.4 Å². The molecule has 1 heterocycles. The fourth-order valence-corrected chi connectivity index (χ4v) is 3.97. The summed E-state index contributed by atoms with van der Waals surface area (Å²) in [5.41, 5.74) is 1.78. The normalized spacial score (nSPS) is 12.2. The number of nitrogens with one attached hydrogen (secondary N) is 1. The molecule has 8 nitrogen and oxygen atoms in total. The molecule has 1 atom stereocenters. The van der Waals surface area contributed by atoms with Gasteiger partial charge in [-0.3, -0.25) is 14.5 Å². The molecule has 0 aliphatic rings. The standard InChI is InChI=1S/C28H30FN5O3/c1-5-28(2,3)30-27(36)26(19-10-12-20(29)13-11-19)34(21-14-16-22(37-4)17-15-21)25(35)18-33-24-9-7-6-8-23(24)31-32-33/h6-17,26H,5,18H2,1-4H3,(H,30,36)/t26-/m0/s1. The minimum Gasteiger partial charge on any atom is -0.497 e. The van der Waals surface area contributed by atoms with Crippen LogP contribution in [0.15, 0.2) is 72.8 Å². The van der Waals surface area contributed by atoms with Crippen LogP contribution in [-0.4, -0.2) is 39.5 Å². The number of methoxy groups -OCH3 is 1. The van der Waals surface area contributed by atoms with Gasteiger partial charge in [-0.05, 0) is 74.4 Å². The SMILES string of the molecule is CCC(C)(C)NC(=O)[C@H](c1ccc(F)cc1)N(C(=O)Cn1nnc2ccccc21)c1ccc(OC)cc1. The number of para-hydroxylation sites is 1. The van der Waals surface area contributed by atoms with Gasteiger partial charge in [0.1, 0.15) is 29.7 Å². The molecule has 0 spiro atoms. The third kappa shape index (κ3) is 5.77. The van der Waals surface area contributed by atoms with Gasteiger partial charge in [-0.15, -0.1) is 5.10 Å². The van der Waals surface area contributed by atoms with Gasteiger partial charge in [0, 0.05) is 11.2 Å². The summed E-state index contributed by atoms with van der Waals surface area (Å²) in [5, 5.41) is 11.3. The summed E-state index contributed by atoms with van der Waals surface area (Å²) in [7, 11) is 1.55. The summed E-state index contributed by atoms with van der Waals surface area (Å²) >= 11 is 0. The van der Waals surface area contributed by atoms with Gasteiger partial charge >= 0.3 is 0 Å². The highest BCUT2D eigenvalue weighted by atomic mass is 19.1. The van der Waals surface area contributed by atoms with Gasteiger partial charge in [-0.25, -0.2) is 9.07 Å². The van der Waals surface area contributed by atoms with Crippen LogP contribution in [0.5, 0.6) is 5.75 Å². The molecule has 3 aromatic carbocycles. The largest absolute Gasteiger partial charge is 0.497 e. The number of carbonyl (C=O) groups excluding carboxylic acids is 2. The van der Waals surface area contributed by atoms with Crippen LogP contribution in [0, 0.1) is 5.82 Å². The Labute approximate surface area is 215 Å². The molecule has 0 saturated carbocycles. The van der Waals surface area contributed by atoms with Crippen LogP contribution >= 0.6 is 0 Å². The lowest BCUT2D eigenvalue weighted by atomic mass is 9.98. The van der Waals surface area contributed by atoms with Gasteiger partial charge in [-0.2, -0.15) is 0 Å². The molecule has 192 valence electrons. The van der Waals surface area contributed by atoms with Crippen LogP contribution in [0.25, 0.3) is 11.0 Å². The molecule has 0 radical (unpaired) electrons. The Bertz CT molecular complexity index is 1380. The van der Waals surface area contributed by atoms with E-state index in [1.54, 1.807) is 31.4 Å². The van der Waals surface area contributed by atoms with E-state index in [1.807, 2.05) is 45.0 Å². The molecule has 4 rings (SSSR count). The summed E-state index contributed by atoms with van der Waals surface area (Å²) in [6.07, 6.45) is 0.677. The van der Waals surface area contributed by atoms with Gasteiger partial charge < -0.3 is 10.1 Å². The summed E-state index contributed by atoms with van der Waals surface area (Å²) in [6.45, 7) is 5.63. The molecule has 1 aromatic heterocycles. The van der Waals surface area contributed by atoms with Gasteiger partial charge in [0.25, 0.3) is 0 Å². The lowest BCUT2D eigenvalue weighted by Gasteiger charge is -2.34. The fraction of sp³-hybridized carbons (Fsp3) is 0.286. The second-order valence-corrected chi connectivity index (χ2v) is 9.38. The molecule has 0 aliphatic heterocycles. The summed E-state index contributed by atoms with van der Waals surface area (Å²) in [6, 6.07) is 18.7. The van der Waals surface area contributed by atoms with Crippen LogP contribution in [-0.2, 0) is 16.1 Å². The molecule has 0 fully saturated rings. The Balaban J connectivity index is 1.81. The van der Waals surface area contributed by atoms with E-state index in [0.29, 0.717) is 34.5 Å². The Morgan fingerprint density at radius 1 is 1.05 bits per heavy atom. The van der Waals surface area contributed by atoms with Crippen LogP contribution in [0.4, 0.5) is 10.1 Å². The number of hydrogen-bond acceptors (Lipinski definition) is 5. The topological polar surface area (TPSA) is 89.4 Å². The Morgan fingerprint density at radius 3 is 2.38 bits per heavy atom. The summed E-state index contributed by atoms with van der Waals surface area (Å²) in [4.78, 5) is 29.2. The van der Waals surface area contributed by atoms with Crippen molar-refractivity contribution in [3.8, 4) is 5.75 Å². The summed E-state index contributed by atoms with van der Waals surface area (Å²) < 4.78 is 20.6. The number of halogens is 1. The second-order valence-electron chi connectivity index (χ2n) is 9.38. The van der Waals surface area contributed by atoms with Crippen molar-refractivity contribution in [3.63, 3.8) is 0 Å². The maximum Gasteiger partial charge on any atom is 0.249 e. The smallest absolute Gasteiger partial charge is 0.249 e. The third-order valence-corrected chi connectivity index (χ3v) is 6.36. The number of hydrogen-bond donors (Lipinski definition) is 1. The number of fused-ring (bicyclic) bond motifs is 1. The minimum absolute atomic E-state index is 0.158. The minimum atomic E-state index is -1.07. The predicted octanol–water partition coefficient (Wildman–Crippen LogP) is 4.66. The number of benzene rings is 3. The second kappa shape index (κ2) is 10.8. The van der Waals surface area contributed by atoms with E-state index in [4.69, 9.17) is 4.74 Å². The third-order valence-electron chi connectivity index (χ3n) is 6.36. The van der Waals surface area contributed by atoms with Crippen molar-refractivity contribution < 1.29 is 18.7 Å². The van der Waals surface area contributed by atoms with Crippen molar-refractivity contribution in [3.05, 3.63) is 84.2 Å². The first-order valence-corrected chi connectivity index (χ1v) is 12.0. The number of amides is 2. The van der Waals surface area contributed by atoms with Crippen molar-refractivity contribution >= 4 is 28.5 Å². The van der Waals surface area contributed by atoms with Crippen molar-refractivity contribution in [1.82, 2.24) is 20.3 Å². The molecule has 0 saturated heterocycles. The van der Waals surface area contributed by atoms with Crippen molar-refractivity contribution in [2.24, 2.45) is 0 Å². The zero-order valence-corrected chi connectivity index (χ0v) is 21.3. The van der Waals surface area contributed by atoms with E-state index in [0.717, 1.165) is 0 Å². The highest BCUT2D eigenvalue weighted by Crippen LogP contribution is 2.31. The van der Waals surface area contributed by atoms with Crippen LogP contribution in [0.2, 0.25) is 0 Å². The molecule has 1 N–H and O–H groups in total. The van der Waals surface area contributed by atoms with Crippen molar-refractivity contribution in [2.75, 3.05) is 12.0 Å². The van der Waals surface area contributed by atoms with Crippen LogP contribution < -0.4 is 15.0 Å². The lowest BCUT2D eigenvalue weighted by Crippen LogP contribution is -2.51. The quantitative estimate of drug-likeness (QED) is 0.359. The van der Waals surface area contributed by atoms with Gasteiger partial charge in [0.15, 0.2) is 0 Å². The molecule has 9 heteroatoms. The van der Waals surface area contributed by atoms with Crippen LogP contribution in [0.1, 0.15) is 38.8 Å². The molecular weight excluding hydrogens is 473 g/mol. The van der Waals surface area contributed by atoms with E-state index >= 15 is 0 Å². The van der Waals surface area contributed by atoms with Gasteiger partial charge in [-0.1, -0.05) is 36.4 Å². The first kappa shape index (κ1) is 25.8. The molecule has 4 aromatic rings. The number of aromatic nitrogens is 3. The molecule has 0 bridgehead atoms. The molecular formula is C28H30FN5O3. The zero-order chi connectivity index (χ0) is 26.6. The van der Waals surface area contributed by atoms with E-state index in [-0.39, 0.29) is 18.4 Å². The van der Waals surface area contributed by atoms with E-state index in [1.165, 1.54) is 33.8 Å². The van der Waals surface area contributed by atoms with Crippen molar-refractivity contribution in [1.29, 1.82) is 0 Å². The van der Waals surface area contributed by atoms with E-state index in [9.17, 15) is 14.0 Å². The highest BCUT2D eigenvalue weighted by molar-refractivity contribution is 6.01. The molecule has 0 unspecified atom stereocenters. The Hall–Kier alpha value is -4.27. The van der Waals surface area contributed by atoms with Gasteiger partial charge in [0.2, 0.25) is 11.8 Å².